The van der Waals surface area contributed by atoms with Crippen molar-refractivity contribution in [3.63, 3.8) is 0 Å². The van der Waals surface area contributed by atoms with E-state index in [4.69, 9.17) is 21.1 Å². The second-order valence-corrected chi connectivity index (χ2v) is 13.0. The van der Waals surface area contributed by atoms with Crippen LogP contribution in [0.5, 0.6) is 5.88 Å². The van der Waals surface area contributed by atoms with Crippen molar-refractivity contribution in [1.29, 1.82) is 0 Å². The van der Waals surface area contributed by atoms with Crippen LogP contribution in [-0.4, -0.2) is 53.6 Å². The van der Waals surface area contributed by atoms with Crippen molar-refractivity contribution in [2.75, 3.05) is 24.8 Å². The number of ether oxygens (including phenoxy) is 2. The third kappa shape index (κ3) is 8.33. The number of carbonyl (C=O) groups is 1. The lowest BCUT2D eigenvalue weighted by Crippen LogP contribution is -2.38. The fourth-order valence-corrected chi connectivity index (χ4v) is 6.11. The van der Waals surface area contributed by atoms with E-state index in [9.17, 15) is 18.0 Å². The molecule has 0 bridgehead atoms. The molecule has 3 aliphatic rings. The summed E-state index contributed by atoms with van der Waals surface area (Å²) in [6.45, 7) is 6.04. The van der Waals surface area contributed by atoms with Crippen LogP contribution in [0.4, 0.5) is 19.0 Å². The van der Waals surface area contributed by atoms with Gasteiger partial charge in [0.2, 0.25) is 5.88 Å². The largest absolute Gasteiger partial charge is 0.478 e. The number of amides is 1. The molecule has 0 radical (unpaired) electrons. The summed E-state index contributed by atoms with van der Waals surface area (Å²) in [6.07, 6.45) is 1.93. The van der Waals surface area contributed by atoms with Gasteiger partial charge in [-0.25, -0.2) is 9.97 Å². The number of hydrazine groups is 1. The molecule has 1 saturated heterocycles. The van der Waals surface area contributed by atoms with Gasteiger partial charge in [0.05, 0.1) is 17.6 Å². The molecule has 9 nitrogen and oxygen atoms in total. The van der Waals surface area contributed by atoms with Crippen LogP contribution in [-0.2, 0) is 4.74 Å². The molecule has 14 heteroatoms. The SMILES string of the molecule is CC1(C)CC(CCCOc2cccc(SNC(=O)c3ccc(N4C=CC(OCCC5(C(F)(F)F)CC5)N4)nc3Cl)n2)CN1. The van der Waals surface area contributed by atoms with Crippen molar-refractivity contribution in [2.24, 2.45) is 11.3 Å². The maximum Gasteiger partial charge on any atom is 0.394 e. The Hall–Kier alpha value is -2.58. The Labute approximate surface area is 258 Å². The molecule has 1 saturated carbocycles. The molecule has 2 fully saturated rings. The summed E-state index contributed by atoms with van der Waals surface area (Å²) in [7, 11) is 0. The molecular weight excluding hydrogens is 605 g/mol. The zero-order valence-electron chi connectivity index (χ0n) is 24.0. The molecular formula is C29H36ClF3N6O3S. The van der Waals surface area contributed by atoms with Crippen LogP contribution in [0.2, 0.25) is 5.15 Å². The summed E-state index contributed by atoms with van der Waals surface area (Å²) in [5.41, 5.74) is 1.77. The highest BCUT2D eigenvalue weighted by molar-refractivity contribution is 7.97. The molecule has 5 rings (SSSR count). The van der Waals surface area contributed by atoms with Crippen LogP contribution in [0.3, 0.4) is 0 Å². The van der Waals surface area contributed by atoms with Gasteiger partial charge in [0, 0.05) is 36.4 Å². The summed E-state index contributed by atoms with van der Waals surface area (Å²) >= 11 is 7.37. The summed E-state index contributed by atoms with van der Waals surface area (Å²) in [6, 6.07) is 8.51. The van der Waals surface area contributed by atoms with E-state index in [1.807, 2.05) is 6.07 Å². The van der Waals surface area contributed by atoms with Gasteiger partial charge in [-0.05, 0) is 89.1 Å². The maximum absolute atomic E-state index is 13.1. The normalized spacial score (nSPS) is 22.1. The molecule has 234 valence electrons. The number of hydrogen-bond acceptors (Lipinski definition) is 9. The highest BCUT2D eigenvalue weighted by atomic mass is 35.5. The van der Waals surface area contributed by atoms with E-state index in [0.717, 1.165) is 31.3 Å². The first kappa shape index (κ1) is 31.8. The first-order valence-electron chi connectivity index (χ1n) is 14.3. The van der Waals surface area contributed by atoms with E-state index in [1.54, 1.807) is 36.5 Å². The van der Waals surface area contributed by atoms with Crippen molar-refractivity contribution >= 4 is 35.3 Å². The number of carbonyl (C=O) groups excluding carboxylic acids is 1. The van der Waals surface area contributed by atoms with E-state index in [2.05, 4.69) is 39.3 Å². The van der Waals surface area contributed by atoms with Gasteiger partial charge in [-0.3, -0.25) is 14.5 Å². The third-order valence-corrected chi connectivity index (χ3v) is 8.97. The Morgan fingerprint density at radius 3 is 2.72 bits per heavy atom. The summed E-state index contributed by atoms with van der Waals surface area (Å²) in [5.74, 6) is 1.10. The zero-order chi connectivity index (χ0) is 30.7. The highest BCUT2D eigenvalue weighted by Gasteiger charge is 2.62. The lowest BCUT2D eigenvalue weighted by atomic mass is 9.94. The number of nitrogens with zero attached hydrogens (tertiary/aromatic N) is 3. The molecule has 0 spiro atoms. The lowest BCUT2D eigenvalue weighted by Gasteiger charge is -2.22. The van der Waals surface area contributed by atoms with Gasteiger partial charge in [-0.15, -0.1) is 0 Å². The van der Waals surface area contributed by atoms with Gasteiger partial charge in [-0.2, -0.15) is 18.6 Å². The predicted molar refractivity (Wildman–Crippen MR) is 159 cm³/mol. The Balaban J connectivity index is 1.04. The molecule has 43 heavy (non-hydrogen) atoms. The summed E-state index contributed by atoms with van der Waals surface area (Å²) < 4.78 is 53.5. The Morgan fingerprint density at radius 1 is 1.21 bits per heavy atom. The van der Waals surface area contributed by atoms with Crippen molar-refractivity contribution < 1.29 is 27.4 Å². The zero-order valence-corrected chi connectivity index (χ0v) is 25.6. The standard InChI is InChI=1S/C29H36ClF3N6O3S/c1-27(2)17-19(18-34-27)5-4-15-41-22-6-3-7-24(36-22)43-38-26(40)20-8-9-21(35-25(20)30)39-14-10-23(37-39)42-16-13-28(11-12-28)29(31,32)33/h3,6-10,14,19,23,34,37H,4-5,11-13,15-18H2,1-2H3,(H,38,40). The third-order valence-electron chi connectivity index (χ3n) is 7.96. The molecule has 2 atom stereocenters. The van der Waals surface area contributed by atoms with Gasteiger partial charge in [0.25, 0.3) is 5.91 Å². The Kier molecular flexibility index (Phi) is 9.76. The number of pyridine rings is 2. The topological polar surface area (TPSA) is 101 Å². The minimum absolute atomic E-state index is 0.0121. The van der Waals surface area contributed by atoms with Crippen molar-refractivity contribution in [3.8, 4) is 5.88 Å². The number of alkyl halides is 3. The Morgan fingerprint density at radius 2 is 2.02 bits per heavy atom. The number of hydrogen-bond donors (Lipinski definition) is 3. The number of rotatable bonds is 13. The van der Waals surface area contributed by atoms with Gasteiger partial charge in [0.15, 0.2) is 0 Å². The molecule has 2 unspecified atom stereocenters. The fourth-order valence-electron chi connectivity index (χ4n) is 5.28. The van der Waals surface area contributed by atoms with E-state index >= 15 is 0 Å². The predicted octanol–water partition coefficient (Wildman–Crippen LogP) is 6.03. The van der Waals surface area contributed by atoms with Crippen LogP contribution in [0.25, 0.3) is 0 Å². The minimum atomic E-state index is -4.20. The smallest absolute Gasteiger partial charge is 0.394 e. The van der Waals surface area contributed by atoms with Crippen LogP contribution < -0.4 is 25.2 Å². The molecule has 0 aromatic carbocycles. The first-order chi connectivity index (χ1) is 20.4. The number of anilines is 1. The molecule has 2 aliphatic heterocycles. The van der Waals surface area contributed by atoms with E-state index < -0.39 is 23.7 Å². The number of nitrogens with one attached hydrogen (secondary N) is 3. The van der Waals surface area contributed by atoms with Crippen molar-refractivity contribution in [3.05, 3.63) is 53.3 Å². The van der Waals surface area contributed by atoms with E-state index in [1.165, 1.54) is 11.4 Å². The van der Waals surface area contributed by atoms with E-state index in [0.29, 0.717) is 29.2 Å². The van der Waals surface area contributed by atoms with E-state index in [-0.39, 0.29) is 42.1 Å². The molecule has 2 aromatic rings. The van der Waals surface area contributed by atoms with Gasteiger partial charge in [0.1, 0.15) is 22.2 Å². The highest BCUT2D eigenvalue weighted by Crippen LogP contribution is 2.59. The molecule has 1 aliphatic carbocycles. The molecule has 3 N–H and O–H groups in total. The average Bonchev–Trinajstić information content (AvgIpc) is 3.48. The first-order valence-corrected chi connectivity index (χ1v) is 15.5. The van der Waals surface area contributed by atoms with Crippen LogP contribution in [0.1, 0.15) is 62.7 Å². The van der Waals surface area contributed by atoms with Crippen molar-refractivity contribution in [2.45, 2.75) is 75.3 Å². The second-order valence-electron chi connectivity index (χ2n) is 11.8. The van der Waals surface area contributed by atoms with Gasteiger partial charge >= 0.3 is 6.18 Å². The monoisotopic (exact) mass is 640 g/mol. The van der Waals surface area contributed by atoms with Gasteiger partial charge in [-0.1, -0.05) is 17.7 Å². The van der Waals surface area contributed by atoms with Crippen molar-refractivity contribution in [1.82, 2.24) is 25.4 Å². The average molecular weight is 641 g/mol. The molecule has 1 amide bonds. The quantitative estimate of drug-likeness (QED) is 0.138. The van der Waals surface area contributed by atoms with Crippen LogP contribution in [0, 0.1) is 11.3 Å². The minimum Gasteiger partial charge on any atom is -0.478 e. The lowest BCUT2D eigenvalue weighted by molar-refractivity contribution is -0.192. The summed E-state index contributed by atoms with van der Waals surface area (Å²) in [4.78, 5) is 21.5. The molecule has 2 aromatic heterocycles. The van der Waals surface area contributed by atoms with Crippen LogP contribution in [0.15, 0.2) is 47.6 Å². The van der Waals surface area contributed by atoms with Gasteiger partial charge < -0.3 is 14.8 Å². The number of halogens is 4. The second kappa shape index (κ2) is 13.2. The number of aromatic nitrogens is 2. The Bertz CT molecular complexity index is 1330. The summed E-state index contributed by atoms with van der Waals surface area (Å²) in [5, 5.41) is 5.62. The molecule has 4 heterocycles. The maximum atomic E-state index is 13.1. The van der Waals surface area contributed by atoms with Crippen LogP contribution >= 0.6 is 23.5 Å². The fraction of sp³-hybridized carbons (Fsp3) is 0.552.